The molecular weight excluding hydrogens is 347 g/mol. The molecule has 1 amide bonds. The number of amides is 1. The van der Waals surface area contributed by atoms with Crippen LogP contribution in [0.4, 0.5) is 0 Å². The quantitative estimate of drug-likeness (QED) is 0.781. The van der Waals surface area contributed by atoms with Gasteiger partial charge in [0.1, 0.15) is 5.75 Å². The van der Waals surface area contributed by atoms with Gasteiger partial charge in [0.25, 0.3) is 5.91 Å². The molecule has 24 heavy (non-hydrogen) atoms. The molecule has 1 aromatic rings. The van der Waals surface area contributed by atoms with Crippen LogP contribution in [0.15, 0.2) is 18.2 Å². The zero-order chi connectivity index (χ0) is 17.5. The zero-order valence-electron chi connectivity index (χ0n) is 14.4. The van der Waals surface area contributed by atoms with E-state index in [4.69, 9.17) is 27.9 Å². The second-order valence-electron chi connectivity index (χ2n) is 6.31. The van der Waals surface area contributed by atoms with Crippen LogP contribution in [0.3, 0.4) is 0 Å². The van der Waals surface area contributed by atoms with E-state index in [0.717, 1.165) is 32.5 Å². The van der Waals surface area contributed by atoms with E-state index >= 15 is 0 Å². The van der Waals surface area contributed by atoms with Crippen LogP contribution in [-0.4, -0.2) is 42.6 Å². The van der Waals surface area contributed by atoms with Gasteiger partial charge in [-0.1, -0.05) is 36.5 Å². The maximum atomic E-state index is 12.3. The van der Waals surface area contributed by atoms with Crippen molar-refractivity contribution in [1.29, 1.82) is 0 Å². The van der Waals surface area contributed by atoms with Crippen molar-refractivity contribution in [2.75, 3.05) is 19.6 Å². The minimum atomic E-state index is -0.596. The summed E-state index contributed by atoms with van der Waals surface area (Å²) in [5.74, 6) is 0.367. The summed E-state index contributed by atoms with van der Waals surface area (Å²) in [6, 6.07) is 5.21. The Morgan fingerprint density at radius 3 is 2.71 bits per heavy atom. The maximum Gasteiger partial charge on any atom is 0.260 e. The number of piperidine rings is 1. The molecule has 0 aromatic heterocycles. The first kappa shape index (κ1) is 19.4. The number of carbonyl (C=O) groups is 1. The smallest absolute Gasteiger partial charge is 0.260 e. The Morgan fingerprint density at radius 1 is 1.38 bits per heavy atom. The summed E-state index contributed by atoms with van der Waals surface area (Å²) < 4.78 is 5.66. The fraction of sp³-hybridized carbons (Fsp3) is 0.611. The lowest BCUT2D eigenvalue weighted by molar-refractivity contribution is -0.128. The van der Waals surface area contributed by atoms with E-state index in [-0.39, 0.29) is 11.9 Å². The number of nitrogens with zero attached hydrogens (tertiary/aromatic N) is 1. The number of nitrogens with one attached hydrogen (secondary N) is 1. The first-order chi connectivity index (χ1) is 11.5. The van der Waals surface area contributed by atoms with Crippen LogP contribution in [0, 0.1) is 0 Å². The van der Waals surface area contributed by atoms with Gasteiger partial charge in [-0.15, -0.1) is 0 Å². The van der Waals surface area contributed by atoms with E-state index < -0.39 is 6.10 Å². The van der Waals surface area contributed by atoms with Gasteiger partial charge in [-0.05, 0) is 50.9 Å². The van der Waals surface area contributed by atoms with Crippen molar-refractivity contribution in [3.63, 3.8) is 0 Å². The van der Waals surface area contributed by atoms with Gasteiger partial charge in [-0.3, -0.25) is 4.79 Å². The number of hydrogen-bond acceptors (Lipinski definition) is 3. The fourth-order valence-electron chi connectivity index (χ4n) is 2.82. The van der Waals surface area contributed by atoms with E-state index in [1.807, 2.05) is 0 Å². The molecule has 1 saturated heterocycles. The lowest BCUT2D eigenvalue weighted by atomic mass is 10.0. The van der Waals surface area contributed by atoms with Gasteiger partial charge in [0.2, 0.25) is 0 Å². The predicted octanol–water partition coefficient (Wildman–Crippen LogP) is 4.14. The molecule has 1 N–H and O–H groups in total. The number of benzene rings is 1. The van der Waals surface area contributed by atoms with Crippen LogP contribution in [0.1, 0.15) is 39.5 Å². The SMILES string of the molecule is CCCCN1CCC(NC(=O)[C@H](C)Oc2ccc(Cl)cc2Cl)CC1. The summed E-state index contributed by atoms with van der Waals surface area (Å²) in [6.45, 7) is 7.19. The molecule has 0 radical (unpaired) electrons. The summed E-state index contributed by atoms with van der Waals surface area (Å²) >= 11 is 11.9. The minimum Gasteiger partial charge on any atom is -0.479 e. The minimum absolute atomic E-state index is 0.104. The Labute approximate surface area is 154 Å². The average molecular weight is 373 g/mol. The summed E-state index contributed by atoms with van der Waals surface area (Å²) in [6.07, 6.45) is 3.85. The third-order valence-corrected chi connectivity index (χ3v) is 4.86. The number of rotatable bonds is 7. The van der Waals surface area contributed by atoms with E-state index in [1.165, 1.54) is 12.8 Å². The van der Waals surface area contributed by atoms with Gasteiger partial charge in [-0.25, -0.2) is 0 Å². The van der Waals surface area contributed by atoms with Crippen molar-refractivity contribution in [2.45, 2.75) is 51.7 Å². The summed E-state index contributed by atoms with van der Waals surface area (Å²) in [5, 5.41) is 4.04. The number of carbonyl (C=O) groups excluding carboxylic acids is 1. The van der Waals surface area contributed by atoms with Crippen molar-refractivity contribution in [2.24, 2.45) is 0 Å². The van der Waals surface area contributed by atoms with Crippen molar-refractivity contribution < 1.29 is 9.53 Å². The van der Waals surface area contributed by atoms with Crippen LogP contribution in [0.25, 0.3) is 0 Å². The molecule has 0 bridgehead atoms. The lowest BCUT2D eigenvalue weighted by Gasteiger charge is -2.32. The topological polar surface area (TPSA) is 41.6 Å². The monoisotopic (exact) mass is 372 g/mol. The highest BCUT2D eigenvalue weighted by molar-refractivity contribution is 6.35. The lowest BCUT2D eigenvalue weighted by Crippen LogP contribution is -2.48. The summed E-state index contributed by atoms with van der Waals surface area (Å²) in [5.41, 5.74) is 0. The number of ether oxygens (including phenoxy) is 1. The van der Waals surface area contributed by atoms with Crippen LogP contribution >= 0.6 is 23.2 Å². The van der Waals surface area contributed by atoms with Crippen molar-refractivity contribution in [3.05, 3.63) is 28.2 Å². The molecule has 1 atom stereocenters. The predicted molar refractivity (Wildman–Crippen MR) is 99.1 cm³/mol. The first-order valence-electron chi connectivity index (χ1n) is 8.64. The van der Waals surface area contributed by atoms with Crippen LogP contribution in [-0.2, 0) is 4.79 Å². The van der Waals surface area contributed by atoms with E-state index in [2.05, 4.69) is 17.1 Å². The Kier molecular flexibility index (Phi) is 7.66. The summed E-state index contributed by atoms with van der Waals surface area (Å²) in [7, 11) is 0. The highest BCUT2D eigenvalue weighted by atomic mass is 35.5. The molecule has 2 rings (SSSR count). The maximum absolute atomic E-state index is 12.3. The summed E-state index contributed by atoms with van der Waals surface area (Å²) in [4.78, 5) is 14.8. The van der Waals surface area contributed by atoms with Crippen LogP contribution in [0.5, 0.6) is 5.75 Å². The molecule has 1 aliphatic heterocycles. The molecule has 1 aliphatic rings. The van der Waals surface area contributed by atoms with Gasteiger partial charge >= 0.3 is 0 Å². The normalized spacial score (nSPS) is 17.5. The largest absolute Gasteiger partial charge is 0.479 e. The zero-order valence-corrected chi connectivity index (χ0v) is 15.9. The van der Waals surface area contributed by atoms with Gasteiger partial charge in [-0.2, -0.15) is 0 Å². The highest BCUT2D eigenvalue weighted by Gasteiger charge is 2.23. The first-order valence-corrected chi connectivity index (χ1v) is 9.39. The molecule has 0 saturated carbocycles. The number of likely N-dealkylation sites (tertiary alicyclic amines) is 1. The third kappa shape index (κ3) is 5.83. The van der Waals surface area contributed by atoms with Gasteiger partial charge in [0.15, 0.2) is 6.10 Å². The van der Waals surface area contributed by atoms with Gasteiger partial charge < -0.3 is 15.0 Å². The van der Waals surface area contributed by atoms with Gasteiger partial charge in [0, 0.05) is 24.2 Å². The van der Waals surface area contributed by atoms with Crippen LogP contribution < -0.4 is 10.1 Å². The Morgan fingerprint density at radius 2 is 2.08 bits per heavy atom. The standard InChI is InChI=1S/C18H26Cl2N2O2/c1-3-4-9-22-10-7-15(8-11-22)21-18(23)13(2)24-17-6-5-14(19)12-16(17)20/h5-6,12-13,15H,3-4,7-11H2,1-2H3,(H,21,23)/t13-/m0/s1. The Hall–Kier alpha value is -0.970. The van der Waals surface area contributed by atoms with Crippen molar-refractivity contribution in [1.82, 2.24) is 10.2 Å². The molecular formula is C18H26Cl2N2O2. The van der Waals surface area contributed by atoms with E-state index in [0.29, 0.717) is 15.8 Å². The van der Waals surface area contributed by atoms with Gasteiger partial charge in [0.05, 0.1) is 5.02 Å². The van der Waals surface area contributed by atoms with Crippen LogP contribution in [0.2, 0.25) is 10.0 Å². The second-order valence-corrected chi connectivity index (χ2v) is 7.16. The number of unbranched alkanes of at least 4 members (excludes halogenated alkanes) is 1. The Bertz CT molecular complexity index is 546. The molecule has 6 heteroatoms. The molecule has 0 unspecified atom stereocenters. The highest BCUT2D eigenvalue weighted by Crippen LogP contribution is 2.28. The molecule has 134 valence electrons. The molecule has 0 spiro atoms. The average Bonchev–Trinajstić information content (AvgIpc) is 2.56. The second kappa shape index (κ2) is 9.50. The van der Waals surface area contributed by atoms with Crippen molar-refractivity contribution >= 4 is 29.1 Å². The number of halogens is 2. The van der Waals surface area contributed by atoms with E-state index in [1.54, 1.807) is 25.1 Å². The molecule has 1 heterocycles. The molecule has 0 aliphatic carbocycles. The third-order valence-electron chi connectivity index (χ3n) is 4.33. The molecule has 1 aromatic carbocycles. The molecule has 4 nitrogen and oxygen atoms in total. The van der Waals surface area contributed by atoms with E-state index in [9.17, 15) is 4.79 Å². The number of hydrogen-bond donors (Lipinski definition) is 1. The Balaban J connectivity index is 1.78. The van der Waals surface area contributed by atoms with Crippen molar-refractivity contribution in [3.8, 4) is 5.75 Å². The fourth-order valence-corrected chi connectivity index (χ4v) is 3.27. The molecule has 1 fully saturated rings.